The van der Waals surface area contributed by atoms with Gasteiger partial charge in [0.1, 0.15) is 11.6 Å². The Morgan fingerprint density at radius 3 is 2.58 bits per heavy atom. The first-order valence-corrected chi connectivity index (χ1v) is 12.1. The van der Waals surface area contributed by atoms with Crippen molar-refractivity contribution in [1.29, 1.82) is 0 Å². The standard InChI is InChI=1S/C26H32N6O/c1-31-10-12-32(13-11-31)18-19-2-4-20(5-3-19)25(33)15-26-29-16-22-7-6-21(14-23(22)30-26)24-17-27-8-9-28-24/h6-9,14,16-17,19-20H,2-5,10-13,15,18H2,1H3. The van der Waals surface area contributed by atoms with Crippen LogP contribution in [-0.2, 0) is 11.2 Å². The Morgan fingerprint density at radius 1 is 1.00 bits per heavy atom. The molecule has 0 unspecified atom stereocenters. The van der Waals surface area contributed by atoms with Crippen molar-refractivity contribution in [2.45, 2.75) is 32.1 Å². The third kappa shape index (κ3) is 5.42. The van der Waals surface area contributed by atoms with Gasteiger partial charge in [-0.1, -0.05) is 12.1 Å². The first-order valence-electron chi connectivity index (χ1n) is 12.1. The molecule has 1 saturated carbocycles. The average molecular weight is 445 g/mol. The molecule has 1 aromatic carbocycles. The second kappa shape index (κ2) is 10.0. The Bertz CT molecular complexity index is 1090. The lowest BCUT2D eigenvalue weighted by molar-refractivity contribution is -0.123. The van der Waals surface area contributed by atoms with Crippen LogP contribution in [0.2, 0.25) is 0 Å². The van der Waals surface area contributed by atoms with Gasteiger partial charge in [0, 0.05) is 68.2 Å². The Balaban J connectivity index is 1.18. The number of Topliss-reactive ketones (excluding diaryl/α,β-unsaturated/α-hetero) is 1. The van der Waals surface area contributed by atoms with Gasteiger partial charge < -0.3 is 9.80 Å². The Labute approximate surface area is 195 Å². The van der Waals surface area contributed by atoms with Crippen LogP contribution in [0.25, 0.3) is 22.2 Å². The van der Waals surface area contributed by atoms with Crippen LogP contribution in [0.15, 0.2) is 43.0 Å². The number of carbonyl (C=O) groups excluding carboxylic acids is 1. The maximum atomic E-state index is 13.0. The molecule has 1 aliphatic carbocycles. The summed E-state index contributed by atoms with van der Waals surface area (Å²) >= 11 is 0. The molecular weight excluding hydrogens is 412 g/mol. The number of rotatable bonds is 6. The van der Waals surface area contributed by atoms with Crippen LogP contribution >= 0.6 is 0 Å². The minimum absolute atomic E-state index is 0.152. The summed E-state index contributed by atoms with van der Waals surface area (Å²) in [5, 5.41) is 0.961. The van der Waals surface area contributed by atoms with Crippen molar-refractivity contribution >= 4 is 16.7 Å². The molecule has 0 spiro atoms. The van der Waals surface area contributed by atoms with Gasteiger partial charge in [-0.2, -0.15) is 0 Å². The van der Waals surface area contributed by atoms with E-state index < -0.39 is 0 Å². The van der Waals surface area contributed by atoms with Crippen molar-refractivity contribution in [3.63, 3.8) is 0 Å². The smallest absolute Gasteiger partial charge is 0.143 e. The van der Waals surface area contributed by atoms with Crippen LogP contribution in [0.4, 0.5) is 0 Å². The van der Waals surface area contributed by atoms with Crippen LogP contribution in [-0.4, -0.2) is 75.3 Å². The zero-order chi connectivity index (χ0) is 22.6. The zero-order valence-electron chi connectivity index (χ0n) is 19.4. The molecule has 0 bridgehead atoms. The van der Waals surface area contributed by atoms with Crippen LogP contribution in [0.5, 0.6) is 0 Å². The molecule has 1 saturated heterocycles. The monoisotopic (exact) mass is 444 g/mol. The molecule has 5 rings (SSSR count). The van der Waals surface area contributed by atoms with Crippen molar-refractivity contribution < 1.29 is 4.79 Å². The second-order valence-electron chi connectivity index (χ2n) is 9.62. The lowest BCUT2D eigenvalue weighted by Gasteiger charge is -2.36. The summed E-state index contributed by atoms with van der Waals surface area (Å²) < 4.78 is 0. The van der Waals surface area contributed by atoms with Gasteiger partial charge in [0.2, 0.25) is 0 Å². The van der Waals surface area contributed by atoms with Gasteiger partial charge in [0.15, 0.2) is 0 Å². The molecule has 0 amide bonds. The lowest BCUT2D eigenvalue weighted by Crippen LogP contribution is -2.46. The van der Waals surface area contributed by atoms with Crippen molar-refractivity contribution in [3.05, 3.63) is 48.8 Å². The second-order valence-corrected chi connectivity index (χ2v) is 9.62. The van der Waals surface area contributed by atoms with E-state index in [4.69, 9.17) is 4.98 Å². The first kappa shape index (κ1) is 22.0. The topological polar surface area (TPSA) is 75.1 Å². The lowest BCUT2D eigenvalue weighted by atomic mass is 9.79. The van der Waals surface area contributed by atoms with E-state index in [-0.39, 0.29) is 11.7 Å². The predicted octanol–water partition coefficient (Wildman–Crippen LogP) is 3.25. The van der Waals surface area contributed by atoms with E-state index >= 15 is 0 Å². The van der Waals surface area contributed by atoms with Crippen LogP contribution < -0.4 is 0 Å². The Kier molecular flexibility index (Phi) is 6.69. The number of fused-ring (bicyclic) bond motifs is 1. The number of benzene rings is 1. The third-order valence-corrected chi connectivity index (χ3v) is 7.24. The quantitative estimate of drug-likeness (QED) is 0.578. The summed E-state index contributed by atoms with van der Waals surface area (Å²) in [6.45, 7) is 5.87. The highest BCUT2D eigenvalue weighted by atomic mass is 16.1. The molecule has 1 aliphatic heterocycles. The fraction of sp³-hybridized carbons (Fsp3) is 0.500. The summed E-state index contributed by atoms with van der Waals surface area (Å²) in [6.07, 6.45) is 11.5. The molecule has 7 nitrogen and oxygen atoms in total. The van der Waals surface area contributed by atoms with Crippen molar-refractivity contribution in [3.8, 4) is 11.3 Å². The molecule has 33 heavy (non-hydrogen) atoms. The van der Waals surface area contributed by atoms with Crippen LogP contribution in [0.3, 0.4) is 0 Å². The molecule has 2 fully saturated rings. The molecule has 3 aromatic rings. The predicted molar refractivity (Wildman–Crippen MR) is 129 cm³/mol. The van der Waals surface area contributed by atoms with E-state index in [0.717, 1.165) is 53.8 Å². The van der Waals surface area contributed by atoms with Crippen LogP contribution in [0, 0.1) is 11.8 Å². The Morgan fingerprint density at radius 2 is 1.82 bits per heavy atom. The summed E-state index contributed by atoms with van der Waals surface area (Å²) in [6, 6.07) is 5.99. The highest BCUT2D eigenvalue weighted by molar-refractivity contribution is 5.85. The van der Waals surface area contributed by atoms with E-state index in [9.17, 15) is 4.79 Å². The number of hydrogen-bond donors (Lipinski definition) is 0. The average Bonchev–Trinajstić information content (AvgIpc) is 2.86. The van der Waals surface area contributed by atoms with Crippen molar-refractivity contribution in [2.24, 2.45) is 11.8 Å². The minimum Gasteiger partial charge on any atom is -0.304 e. The number of nitrogens with zero attached hydrogens (tertiary/aromatic N) is 6. The normalized spacial score (nSPS) is 22.5. The van der Waals surface area contributed by atoms with Crippen molar-refractivity contribution in [2.75, 3.05) is 39.8 Å². The first-order chi connectivity index (χ1) is 16.1. The molecule has 0 radical (unpaired) electrons. The number of hydrogen-bond acceptors (Lipinski definition) is 7. The number of aromatic nitrogens is 4. The van der Waals surface area contributed by atoms with E-state index in [1.165, 1.54) is 32.7 Å². The van der Waals surface area contributed by atoms with Gasteiger partial charge in [0.05, 0.1) is 23.8 Å². The van der Waals surface area contributed by atoms with E-state index in [1.54, 1.807) is 18.6 Å². The van der Waals surface area contributed by atoms with Gasteiger partial charge >= 0.3 is 0 Å². The van der Waals surface area contributed by atoms with Crippen molar-refractivity contribution in [1.82, 2.24) is 29.7 Å². The van der Waals surface area contributed by atoms with Gasteiger partial charge in [-0.05, 0) is 44.7 Å². The third-order valence-electron chi connectivity index (χ3n) is 7.24. The highest BCUT2D eigenvalue weighted by Crippen LogP contribution is 2.31. The number of ketones is 1. The Hall–Kier alpha value is -2.77. The summed E-state index contributed by atoms with van der Waals surface area (Å²) in [7, 11) is 2.20. The van der Waals surface area contributed by atoms with E-state index in [2.05, 4.69) is 31.8 Å². The molecule has 0 atom stereocenters. The zero-order valence-corrected chi connectivity index (χ0v) is 19.4. The molecule has 0 N–H and O–H groups in total. The molecule has 172 valence electrons. The largest absolute Gasteiger partial charge is 0.304 e. The van der Waals surface area contributed by atoms with Gasteiger partial charge in [-0.3, -0.25) is 14.8 Å². The van der Waals surface area contributed by atoms with E-state index in [0.29, 0.717) is 12.2 Å². The van der Waals surface area contributed by atoms with Gasteiger partial charge in [-0.25, -0.2) is 9.97 Å². The molecule has 3 heterocycles. The van der Waals surface area contributed by atoms with E-state index in [1.807, 2.05) is 24.4 Å². The SMILES string of the molecule is CN1CCN(CC2CCC(C(=O)Cc3ncc4ccc(-c5cnccn5)cc4n3)CC2)CC1. The minimum atomic E-state index is 0.152. The number of likely N-dealkylation sites (N-methyl/N-ethyl adjacent to an activating group) is 1. The highest BCUT2D eigenvalue weighted by Gasteiger charge is 2.28. The number of piperazine rings is 1. The summed E-state index contributed by atoms with van der Waals surface area (Å²) in [5.41, 5.74) is 2.61. The number of carbonyl (C=O) groups is 1. The van der Waals surface area contributed by atoms with Gasteiger partial charge in [0.25, 0.3) is 0 Å². The maximum Gasteiger partial charge on any atom is 0.143 e. The molecular formula is C26H32N6O. The van der Waals surface area contributed by atoms with Gasteiger partial charge in [-0.15, -0.1) is 0 Å². The fourth-order valence-electron chi connectivity index (χ4n) is 5.12. The molecule has 7 heteroatoms. The molecule has 2 aliphatic rings. The molecule has 2 aromatic heterocycles. The summed E-state index contributed by atoms with van der Waals surface area (Å²) in [4.78, 5) is 35.7. The maximum absolute atomic E-state index is 13.0. The van der Waals surface area contributed by atoms with Crippen LogP contribution in [0.1, 0.15) is 31.5 Å². The fourth-order valence-corrected chi connectivity index (χ4v) is 5.12. The summed E-state index contributed by atoms with van der Waals surface area (Å²) in [5.74, 6) is 1.79.